The number of anilines is 1. The Morgan fingerprint density at radius 3 is 2.16 bits per heavy atom. The quantitative estimate of drug-likeness (QED) is 0.446. The molecule has 32 heavy (non-hydrogen) atoms. The monoisotopic (exact) mass is 452 g/mol. The fourth-order valence-corrected chi connectivity index (χ4v) is 4.70. The molecule has 0 fully saturated rings. The van der Waals surface area contributed by atoms with Crippen molar-refractivity contribution in [3.05, 3.63) is 90.5 Å². The molecule has 0 saturated carbocycles. The number of amides is 1. The predicted octanol–water partition coefficient (Wildman–Crippen LogP) is 4.03. The molecule has 0 aromatic heterocycles. The summed E-state index contributed by atoms with van der Waals surface area (Å²) in [7, 11) is -3.87. The number of hydrogen-bond acceptors (Lipinski definition) is 4. The number of sulfonamides is 1. The predicted molar refractivity (Wildman–Crippen MR) is 126 cm³/mol. The second kappa shape index (κ2) is 11.3. The molecule has 0 saturated heterocycles. The lowest BCUT2D eigenvalue weighted by molar-refractivity contribution is -0.119. The van der Waals surface area contributed by atoms with Gasteiger partial charge in [-0.05, 0) is 61.7 Å². The molecular formula is C25H28N2O4S. The molecular weight excluding hydrogens is 424 g/mol. The molecule has 168 valence electrons. The van der Waals surface area contributed by atoms with Crippen LogP contribution in [0.4, 0.5) is 5.69 Å². The lowest BCUT2D eigenvalue weighted by atomic mass is 10.1. The van der Waals surface area contributed by atoms with Crippen molar-refractivity contribution in [1.82, 2.24) is 5.32 Å². The number of hydrogen-bond donors (Lipinski definition) is 1. The number of carbonyl (C=O) groups excluding carboxylic acids is 1. The van der Waals surface area contributed by atoms with Crippen LogP contribution in [0, 0.1) is 0 Å². The zero-order chi connectivity index (χ0) is 22.8. The van der Waals surface area contributed by atoms with Crippen molar-refractivity contribution < 1.29 is 17.9 Å². The van der Waals surface area contributed by atoms with Crippen molar-refractivity contribution in [3.63, 3.8) is 0 Å². The van der Waals surface area contributed by atoms with E-state index in [2.05, 4.69) is 5.32 Å². The molecule has 7 heteroatoms. The molecule has 3 aromatic rings. The summed E-state index contributed by atoms with van der Waals surface area (Å²) < 4.78 is 33.0. The summed E-state index contributed by atoms with van der Waals surface area (Å²) in [5.41, 5.74) is 1.60. The fourth-order valence-electron chi connectivity index (χ4n) is 3.25. The normalized spacial score (nSPS) is 11.0. The maximum atomic E-state index is 13.2. The second-order valence-electron chi connectivity index (χ2n) is 7.19. The average Bonchev–Trinajstić information content (AvgIpc) is 2.82. The van der Waals surface area contributed by atoms with E-state index in [1.165, 1.54) is 12.1 Å². The van der Waals surface area contributed by atoms with Crippen molar-refractivity contribution in [2.45, 2.75) is 24.7 Å². The molecule has 0 bridgehead atoms. The van der Waals surface area contributed by atoms with Crippen LogP contribution in [-0.4, -0.2) is 34.0 Å². The molecule has 0 aliphatic heterocycles. The molecule has 0 aliphatic rings. The molecule has 0 aliphatic carbocycles. The van der Waals surface area contributed by atoms with Gasteiger partial charge in [-0.3, -0.25) is 9.10 Å². The molecule has 3 rings (SSSR count). The summed E-state index contributed by atoms with van der Waals surface area (Å²) in [5.74, 6) is 0.491. The molecule has 1 N–H and O–H groups in total. The van der Waals surface area contributed by atoms with Crippen molar-refractivity contribution in [2.75, 3.05) is 24.0 Å². The van der Waals surface area contributed by atoms with E-state index in [9.17, 15) is 13.2 Å². The summed E-state index contributed by atoms with van der Waals surface area (Å²) in [6.45, 7) is 2.75. The van der Waals surface area contributed by atoms with Gasteiger partial charge in [-0.15, -0.1) is 0 Å². The van der Waals surface area contributed by atoms with Gasteiger partial charge < -0.3 is 10.1 Å². The number of carbonyl (C=O) groups is 1. The largest absolute Gasteiger partial charge is 0.494 e. The van der Waals surface area contributed by atoms with Gasteiger partial charge in [0.2, 0.25) is 5.91 Å². The van der Waals surface area contributed by atoms with E-state index in [-0.39, 0.29) is 17.3 Å². The lowest BCUT2D eigenvalue weighted by Crippen LogP contribution is -2.41. The first-order valence-corrected chi connectivity index (χ1v) is 12.1. The Bertz CT molecular complexity index is 1090. The Morgan fingerprint density at radius 1 is 0.906 bits per heavy atom. The summed E-state index contributed by atoms with van der Waals surface area (Å²) in [6, 6.07) is 24.7. The van der Waals surface area contributed by atoms with Gasteiger partial charge in [0, 0.05) is 6.54 Å². The van der Waals surface area contributed by atoms with E-state index in [0.29, 0.717) is 18.8 Å². The first-order chi connectivity index (χ1) is 15.5. The van der Waals surface area contributed by atoms with Gasteiger partial charge >= 0.3 is 0 Å². The smallest absolute Gasteiger partial charge is 0.264 e. The van der Waals surface area contributed by atoms with Gasteiger partial charge in [0.05, 0.1) is 17.2 Å². The van der Waals surface area contributed by atoms with Gasteiger partial charge in [0.25, 0.3) is 10.0 Å². The molecule has 0 heterocycles. The number of nitrogens with one attached hydrogen (secondary N) is 1. The Morgan fingerprint density at radius 2 is 1.53 bits per heavy atom. The SMILES string of the molecule is CCOc1ccc(CCCNC(=O)CN(c2ccccc2)S(=O)(=O)c2ccccc2)cc1. The first-order valence-electron chi connectivity index (χ1n) is 10.6. The topological polar surface area (TPSA) is 75.7 Å². The minimum absolute atomic E-state index is 0.146. The highest BCUT2D eigenvalue weighted by atomic mass is 32.2. The summed E-state index contributed by atoms with van der Waals surface area (Å²) in [5, 5.41) is 2.84. The van der Waals surface area contributed by atoms with Crippen LogP contribution < -0.4 is 14.4 Å². The summed E-state index contributed by atoms with van der Waals surface area (Å²) in [4.78, 5) is 12.7. The highest BCUT2D eigenvalue weighted by Crippen LogP contribution is 2.23. The molecule has 0 spiro atoms. The van der Waals surface area contributed by atoms with Crippen molar-refractivity contribution in [3.8, 4) is 5.75 Å². The van der Waals surface area contributed by atoms with Crippen LogP contribution in [0.2, 0.25) is 0 Å². The van der Waals surface area contributed by atoms with Crippen LogP contribution in [0.3, 0.4) is 0 Å². The zero-order valence-electron chi connectivity index (χ0n) is 18.1. The number of para-hydroxylation sites is 1. The third-order valence-corrected chi connectivity index (χ3v) is 6.65. The van der Waals surface area contributed by atoms with Crippen LogP contribution >= 0.6 is 0 Å². The Hall–Kier alpha value is -3.32. The van der Waals surface area contributed by atoms with Crippen LogP contribution in [0.15, 0.2) is 89.8 Å². The third-order valence-electron chi connectivity index (χ3n) is 4.86. The van der Waals surface area contributed by atoms with Crippen molar-refractivity contribution >= 4 is 21.6 Å². The maximum Gasteiger partial charge on any atom is 0.264 e. The van der Waals surface area contributed by atoms with Crippen molar-refractivity contribution in [2.24, 2.45) is 0 Å². The highest BCUT2D eigenvalue weighted by Gasteiger charge is 2.26. The van der Waals surface area contributed by atoms with Gasteiger partial charge in [0.1, 0.15) is 12.3 Å². The zero-order valence-corrected chi connectivity index (χ0v) is 18.9. The average molecular weight is 453 g/mol. The minimum Gasteiger partial charge on any atom is -0.494 e. The standard InChI is InChI=1S/C25H28N2O4S/c1-2-31-23-17-15-21(16-18-23)10-9-19-26-25(28)20-27(22-11-5-3-6-12-22)32(29,30)24-13-7-4-8-14-24/h3-8,11-18H,2,9-10,19-20H2,1H3,(H,26,28). The van der Waals surface area contributed by atoms with E-state index < -0.39 is 10.0 Å². The molecule has 0 radical (unpaired) electrons. The summed E-state index contributed by atoms with van der Waals surface area (Å²) >= 11 is 0. The number of benzene rings is 3. The van der Waals surface area contributed by atoms with Gasteiger partial charge in [-0.2, -0.15) is 0 Å². The maximum absolute atomic E-state index is 13.2. The Balaban J connectivity index is 1.59. The number of nitrogens with zero attached hydrogens (tertiary/aromatic N) is 1. The molecule has 3 aromatic carbocycles. The van der Waals surface area contributed by atoms with Crippen molar-refractivity contribution in [1.29, 1.82) is 0 Å². The fraction of sp³-hybridized carbons (Fsp3) is 0.240. The molecule has 6 nitrogen and oxygen atoms in total. The Kier molecular flexibility index (Phi) is 8.27. The highest BCUT2D eigenvalue weighted by molar-refractivity contribution is 7.92. The van der Waals surface area contributed by atoms with Crippen LogP contribution in [0.5, 0.6) is 5.75 Å². The van der Waals surface area contributed by atoms with Crippen LogP contribution in [-0.2, 0) is 21.2 Å². The van der Waals surface area contributed by atoms with E-state index in [0.717, 1.165) is 28.5 Å². The van der Waals surface area contributed by atoms with Crippen LogP contribution in [0.1, 0.15) is 18.9 Å². The summed E-state index contributed by atoms with van der Waals surface area (Å²) in [6.07, 6.45) is 1.55. The second-order valence-corrected chi connectivity index (χ2v) is 9.05. The minimum atomic E-state index is -3.87. The first kappa shape index (κ1) is 23.3. The number of ether oxygens (including phenoxy) is 1. The van der Waals surface area contributed by atoms with Crippen LogP contribution in [0.25, 0.3) is 0 Å². The van der Waals surface area contributed by atoms with E-state index in [1.807, 2.05) is 31.2 Å². The Labute approximate surface area is 189 Å². The van der Waals surface area contributed by atoms with E-state index in [1.54, 1.807) is 48.5 Å². The number of aryl methyl sites for hydroxylation is 1. The van der Waals surface area contributed by atoms with Gasteiger partial charge in [0.15, 0.2) is 0 Å². The lowest BCUT2D eigenvalue weighted by Gasteiger charge is -2.24. The van der Waals surface area contributed by atoms with E-state index in [4.69, 9.17) is 4.74 Å². The molecule has 0 unspecified atom stereocenters. The molecule has 0 atom stereocenters. The van der Waals surface area contributed by atoms with Gasteiger partial charge in [-0.25, -0.2) is 8.42 Å². The van der Waals surface area contributed by atoms with Gasteiger partial charge in [-0.1, -0.05) is 48.5 Å². The third kappa shape index (κ3) is 6.34. The number of rotatable bonds is 11. The molecule has 1 amide bonds. The van der Waals surface area contributed by atoms with E-state index >= 15 is 0 Å².